The van der Waals surface area contributed by atoms with Crippen molar-refractivity contribution in [2.75, 3.05) is 24.5 Å². The predicted molar refractivity (Wildman–Crippen MR) is 72.2 cm³/mol. The highest BCUT2D eigenvalue weighted by atomic mass is 16.4. The van der Waals surface area contributed by atoms with E-state index in [1.165, 1.54) is 5.56 Å². The topological polar surface area (TPSA) is 69.6 Å². The third kappa shape index (κ3) is 3.54. The molecule has 1 aliphatic rings. The highest BCUT2D eigenvalue weighted by Crippen LogP contribution is 2.26. The summed E-state index contributed by atoms with van der Waals surface area (Å²) in [4.78, 5) is 24.3. The molecule has 1 heterocycles. The van der Waals surface area contributed by atoms with Crippen LogP contribution in [0.15, 0.2) is 24.3 Å². The monoisotopic (exact) mass is 262 g/mol. The first-order valence-corrected chi connectivity index (χ1v) is 6.49. The number of nitrogens with one attached hydrogen (secondary N) is 1. The lowest BCUT2D eigenvalue weighted by molar-refractivity contribution is -0.137. The average molecular weight is 262 g/mol. The third-order valence-electron chi connectivity index (χ3n) is 3.20. The Balaban J connectivity index is 1.92. The molecule has 19 heavy (non-hydrogen) atoms. The number of nitrogens with zero attached hydrogens (tertiary/aromatic N) is 1. The van der Waals surface area contributed by atoms with Crippen LogP contribution in [0, 0.1) is 0 Å². The molecule has 0 saturated carbocycles. The number of carboxylic acid groups (broad SMARTS) is 1. The van der Waals surface area contributed by atoms with Gasteiger partial charge in [0.15, 0.2) is 0 Å². The summed E-state index contributed by atoms with van der Waals surface area (Å²) in [7, 11) is 0. The Morgan fingerprint density at radius 1 is 1.32 bits per heavy atom. The first-order valence-electron chi connectivity index (χ1n) is 6.49. The van der Waals surface area contributed by atoms with Crippen molar-refractivity contribution in [3.05, 3.63) is 29.8 Å². The van der Waals surface area contributed by atoms with E-state index < -0.39 is 5.97 Å². The van der Waals surface area contributed by atoms with Crippen molar-refractivity contribution in [3.63, 3.8) is 0 Å². The minimum atomic E-state index is -0.858. The standard InChI is InChI=1S/C14H18N2O3/c17-13(10-15-8-7-14(18)19)16-9-3-5-11-4-1-2-6-12(11)16/h1-2,4,6,15H,3,5,7-10H2,(H,18,19). The number of amides is 1. The van der Waals surface area contributed by atoms with Gasteiger partial charge in [-0.25, -0.2) is 0 Å². The highest BCUT2D eigenvalue weighted by Gasteiger charge is 2.21. The number of fused-ring (bicyclic) bond motifs is 1. The Morgan fingerprint density at radius 2 is 2.11 bits per heavy atom. The quantitative estimate of drug-likeness (QED) is 0.778. The molecule has 0 unspecified atom stereocenters. The van der Waals surface area contributed by atoms with Crippen molar-refractivity contribution in [1.82, 2.24) is 5.32 Å². The van der Waals surface area contributed by atoms with Crippen LogP contribution >= 0.6 is 0 Å². The van der Waals surface area contributed by atoms with Gasteiger partial charge in [-0.05, 0) is 24.5 Å². The summed E-state index contributed by atoms with van der Waals surface area (Å²) in [5.74, 6) is -0.860. The van der Waals surface area contributed by atoms with Crippen LogP contribution in [0.3, 0.4) is 0 Å². The molecule has 0 aliphatic carbocycles. The maximum absolute atomic E-state index is 12.1. The number of carbonyl (C=O) groups excluding carboxylic acids is 1. The Morgan fingerprint density at radius 3 is 2.89 bits per heavy atom. The van der Waals surface area contributed by atoms with E-state index in [1.54, 1.807) is 4.90 Å². The fourth-order valence-electron chi connectivity index (χ4n) is 2.28. The minimum Gasteiger partial charge on any atom is -0.481 e. The van der Waals surface area contributed by atoms with Gasteiger partial charge in [0.1, 0.15) is 0 Å². The molecular formula is C14H18N2O3. The molecule has 0 saturated heterocycles. The van der Waals surface area contributed by atoms with Crippen LogP contribution in [0.2, 0.25) is 0 Å². The molecule has 0 atom stereocenters. The van der Waals surface area contributed by atoms with E-state index in [2.05, 4.69) is 5.32 Å². The summed E-state index contributed by atoms with van der Waals surface area (Å²) in [5.41, 5.74) is 2.19. The van der Waals surface area contributed by atoms with Gasteiger partial charge in [0.05, 0.1) is 13.0 Å². The second-order valence-corrected chi connectivity index (χ2v) is 4.60. The molecule has 5 heteroatoms. The summed E-state index contributed by atoms with van der Waals surface area (Å²) in [6, 6.07) is 7.93. The number of para-hydroxylation sites is 1. The summed E-state index contributed by atoms with van der Waals surface area (Å²) < 4.78 is 0. The molecule has 0 spiro atoms. The summed E-state index contributed by atoms with van der Waals surface area (Å²) in [5, 5.41) is 11.4. The van der Waals surface area contributed by atoms with Crippen LogP contribution in [0.5, 0.6) is 0 Å². The van der Waals surface area contributed by atoms with Crippen LogP contribution in [0.1, 0.15) is 18.4 Å². The second-order valence-electron chi connectivity index (χ2n) is 4.60. The molecular weight excluding hydrogens is 244 g/mol. The number of aryl methyl sites for hydroxylation is 1. The van der Waals surface area contributed by atoms with Gasteiger partial charge in [-0.1, -0.05) is 18.2 Å². The van der Waals surface area contributed by atoms with Gasteiger partial charge in [0, 0.05) is 18.8 Å². The molecule has 1 aromatic carbocycles. The van der Waals surface area contributed by atoms with E-state index >= 15 is 0 Å². The first kappa shape index (κ1) is 13.5. The second kappa shape index (κ2) is 6.33. The molecule has 1 amide bonds. The van der Waals surface area contributed by atoms with E-state index in [0.29, 0.717) is 6.54 Å². The van der Waals surface area contributed by atoms with Crippen LogP contribution in [0.25, 0.3) is 0 Å². The maximum Gasteiger partial charge on any atom is 0.304 e. The normalized spacial score (nSPS) is 14.0. The lowest BCUT2D eigenvalue weighted by Crippen LogP contribution is -2.41. The molecule has 0 radical (unpaired) electrons. The largest absolute Gasteiger partial charge is 0.481 e. The maximum atomic E-state index is 12.1. The lowest BCUT2D eigenvalue weighted by atomic mass is 10.0. The van der Waals surface area contributed by atoms with E-state index in [1.807, 2.05) is 24.3 Å². The first-order chi connectivity index (χ1) is 9.18. The van der Waals surface area contributed by atoms with Crippen molar-refractivity contribution in [1.29, 1.82) is 0 Å². The Labute approximate surface area is 112 Å². The van der Waals surface area contributed by atoms with E-state index in [4.69, 9.17) is 5.11 Å². The van der Waals surface area contributed by atoms with Gasteiger partial charge >= 0.3 is 5.97 Å². The van der Waals surface area contributed by atoms with Crippen molar-refractivity contribution in [2.24, 2.45) is 0 Å². The number of aliphatic carboxylic acids is 1. The fraction of sp³-hybridized carbons (Fsp3) is 0.429. The highest BCUT2D eigenvalue weighted by molar-refractivity contribution is 5.95. The lowest BCUT2D eigenvalue weighted by Gasteiger charge is -2.29. The minimum absolute atomic E-state index is 0.00228. The number of rotatable bonds is 5. The summed E-state index contributed by atoms with van der Waals surface area (Å²) in [6.07, 6.45) is 2.01. The molecule has 0 fully saturated rings. The predicted octanol–water partition coefficient (Wildman–Crippen LogP) is 1.03. The number of benzene rings is 1. The molecule has 2 rings (SSSR count). The number of carbonyl (C=O) groups is 2. The summed E-state index contributed by atoms with van der Waals surface area (Å²) in [6.45, 7) is 1.23. The molecule has 1 aliphatic heterocycles. The van der Waals surface area contributed by atoms with E-state index in [-0.39, 0.29) is 18.9 Å². The van der Waals surface area contributed by atoms with Crippen molar-refractivity contribution >= 4 is 17.6 Å². The SMILES string of the molecule is O=C(O)CCNCC(=O)N1CCCc2ccccc21. The molecule has 0 bridgehead atoms. The van der Waals surface area contributed by atoms with Gasteiger partial charge in [-0.15, -0.1) is 0 Å². The van der Waals surface area contributed by atoms with E-state index in [9.17, 15) is 9.59 Å². The fourth-order valence-corrected chi connectivity index (χ4v) is 2.28. The van der Waals surface area contributed by atoms with Crippen LogP contribution in [-0.2, 0) is 16.0 Å². The molecule has 1 aromatic rings. The van der Waals surface area contributed by atoms with Gasteiger partial charge in [0.25, 0.3) is 0 Å². The van der Waals surface area contributed by atoms with Gasteiger partial charge in [0.2, 0.25) is 5.91 Å². The zero-order chi connectivity index (χ0) is 13.7. The Kier molecular flexibility index (Phi) is 4.52. The Bertz CT molecular complexity index is 474. The van der Waals surface area contributed by atoms with Crippen LogP contribution in [-0.4, -0.2) is 36.6 Å². The number of anilines is 1. The van der Waals surface area contributed by atoms with Gasteiger partial charge in [-0.2, -0.15) is 0 Å². The van der Waals surface area contributed by atoms with Gasteiger partial charge < -0.3 is 15.3 Å². The number of carboxylic acids is 1. The third-order valence-corrected chi connectivity index (χ3v) is 3.20. The zero-order valence-electron chi connectivity index (χ0n) is 10.8. The van der Waals surface area contributed by atoms with Crippen molar-refractivity contribution in [3.8, 4) is 0 Å². The molecule has 0 aromatic heterocycles. The van der Waals surface area contributed by atoms with Crippen molar-refractivity contribution < 1.29 is 14.7 Å². The molecule has 102 valence electrons. The molecule has 2 N–H and O–H groups in total. The van der Waals surface area contributed by atoms with E-state index in [0.717, 1.165) is 25.1 Å². The number of hydrogen-bond acceptors (Lipinski definition) is 3. The number of hydrogen-bond donors (Lipinski definition) is 2. The zero-order valence-corrected chi connectivity index (χ0v) is 10.8. The van der Waals surface area contributed by atoms with Crippen LogP contribution < -0.4 is 10.2 Å². The van der Waals surface area contributed by atoms with Crippen molar-refractivity contribution in [2.45, 2.75) is 19.3 Å². The smallest absolute Gasteiger partial charge is 0.304 e. The average Bonchev–Trinajstić information content (AvgIpc) is 2.42. The Hall–Kier alpha value is -1.88. The summed E-state index contributed by atoms with van der Waals surface area (Å²) >= 11 is 0. The van der Waals surface area contributed by atoms with Gasteiger partial charge in [-0.3, -0.25) is 9.59 Å². The van der Waals surface area contributed by atoms with Crippen LogP contribution in [0.4, 0.5) is 5.69 Å². The molecule has 5 nitrogen and oxygen atoms in total.